The molecule has 0 amide bonds. The summed E-state index contributed by atoms with van der Waals surface area (Å²) in [5.41, 5.74) is 4.29. The minimum absolute atomic E-state index is 0.0801. The third kappa shape index (κ3) is 2.49. The van der Waals surface area contributed by atoms with Gasteiger partial charge in [0.25, 0.3) is 0 Å². The zero-order valence-electron chi connectivity index (χ0n) is 14.8. The number of aromatic amines is 2. The Labute approximate surface area is 154 Å². The predicted molar refractivity (Wildman–Crippen MR) is 106 cm³/mol. The van der Waals surface area contributed by atoms with Crippen LogP contribution in [0.15, 0.2) is 59.8 Å². The van der Waals surface area contributed by atoms with E-state index in [4.69, 9.17) is 4.74 Å². The Morgan fingerprint density at radius 1 is 1.11 bits per heavy atom. The van der Waals surface area contributed by atoms with Crippen LogP contribution in [-0.2, 0) is 13.0 Å². The Morgan fingerprint density at radius 2 is 2.00 bits per heavy atom. The fourth-order valence-electron chi connectivity index (χ4n) is 3.63. The molecule has 2 aromatic carbocycles. The summed E-state index contributed by atoms with van der Waals surface area (Å²) >= 11 is 0. The SMILES string of the molecule is COc1ccc2[nH]c3c(ncn3CCc3c[nH]c4ccccc34)c(=O)c2c1. The molecule has 6 heteroatoms. The highest BCUT2D eigenvalue weighted by Gasteiger charge is 2.12. The van der Waals surface area contributed by atoms with Gasteiger partial charge in [0, 0.05) is 23.6 Å². The van der Waals surface area contributed by atoms with E-state index in [0.29, 0.717) is 16.7 Å². The minimum atomic E-state index is -0.0801. The minimum Gasteiger partial charge on any atom is -0.497 e. The number of ether oxygens (including phenoxy) is 1. The van der Waals surface area contributed by atoms with Crippen LogP contribution in [0.2, 0.25) is 0 Å². The zero-order valence-corrected chi connectivity index (χ0v) is 14.8. The number of hydrogen-bond acceptors (Lipinski definition) is 3. The lowest BCUT2D eigenvalue weighted by Crippen LogP contribution is -2.07. The second-order valence-corrected chi connectivity index (χ2v) is 6.61. The molecule has 3 aromatic heterocycles. The maximum atomic E-state index is 12.8. The summed E-state index contributed by atoms with van der Waals surface area (Å²) in [4.78, 5) is 23.8. The van der Waals surface area contributed by atoms with Gasteiger partial charge < -0.3 is 19.3 Å². The number of imidazole rings is 1. The van der Waals surface area contributed by atoms with Gasteiger partial charge in [-0.05, 0) is 36.2 Å². The first kappa shape index (κ1) is 15.7. The second kappa shape index (κ2) is 6.02. The van der Waals surface area contributed by atoms with Crippen molar-refractivity contribution in [3.05, 3.63) is 70.8 Å². The van der Waals surface area contributed by atoms with Crippen molar-refractivity contribution < 1.29 is 4.74 Å². The van der Waals surface area contributed by atoms with Crippen molar-refractivity contribution in [2.45, 2.75) is 13.0 Å². The van der Waals surface area contributed by atoms with E-state index in [9.17, 15) is 4.79 Å². The van der Waals surface area contributed by atoms with Crippen LogP contribution in [0.1, 0.15) is 5.56 Å². The molecule has 134 valence electrons. The van der Waals surface area contributed by atoms with Crippen LogP contribution < -0.4 is 10.2 Å². The van der Waals surface area contributed by atoms with Crippen LogP contribution in [0.3, 0.4) is 0 Å². The number of aryl methyl sites for hydroxylation is 2. The highest BCUT2D eigenvalue weighted by molar-refractivity contribution is 5.90. The molecule has 3 heterocycles. The number of nitrogens with zero attached hydrogens (tertiary/aromatic N) is 2. The molecular formula is C21H18N4O2. The summed E-state index contributed by atoms with van der Waals surface area (Å²) in [6.07, 6.45) is 4.62. The van der Waals surface area contributed by atoms with Crippen LogP contribution in [0.25, 0.3) is 33.0 Å². The Kier molecular flexibility index (Phi) is 3.50. The Bertz CT molecular complexity index is 1340. The summed E-state index contributed by atoms with van der Waals surface area (Å²) < 4.78 is 7.23. The number of hydrogen-bond donors (Lipinski definition) is 2. The van der Waals surface area contributed by atoms with E-state index in [1.165, 1.54) is 10.9 Å². The van der Waals surface area contributed by atoms with Gasteiger partial charge in [-0.2, -0.15) is 0 Å². The highest BCUT2D eigenvalue weighted by Crippen LogP contribution is 2.21. The van der Waals surface area contributed by atoms with Crippen LogP contribution in [0, 0.1) is 0 Å². The molecule has 5 rings (SSSR count). The van der Waals surface area contributed by atoms with Crippen molar-refractivity contribution in [1.29, 1.82) is 0 Å². The van der Waals surface area contributed by atoms with Crippen molar-refractivity contribution in [1.82, 2.24) is 19.5 Å². The van der Waals surface area contributed by atoms with E-state index in [-0.39, 0.29) is 5.43 Å². The molecule has 0 aliphatic carbocycles. The molecule has 0 spiro atoms. The van der Waals surface area contributed by atoms with Crippen LogP contribution >= 0.6 is 0 Å². The number of methoxy groups -OCH3 is 1. The second-order valence-electron chi connectivity index (χ2n) is 6.61. The molecule has 5 aromatic rings. The van der Waals surface area contributed by atoms with Gasteiger partial charge in [-0.15, -0.1) is 0 Å². The Morgan fingerprint density at radius 3 is 2.89 bits per heavy atom. The van der Waals surface area contributed by atoms with Gasteiger partial charge in [0.2, 0.25) is 5.43 Å². The van der Waals surface area contributed by atoms with Gasteiger partial charge in [0.1, 0.15) is 11.4 Å². The summed E-state index contributed by atoms with van der Waals surface area (Å²) in [6, 6.07) is 13.7. The van der Waals surface area contributed by atoms with Gasteiger partial charge in [-0.25, -0.2) is 4.98 Å². The molecule has 0 aliphatic rings. The lowest BCUT2D eigenvalue weighted by Gasteiger charge is -2.06. The zero-order chi connectivity index (χ0) is 18.4. The third-order valence-electron chi connectivity index (χ3n) is 5.07. The van der Waals surface area contributed by atoms with E-state index < -0.39 is 0 Å². The maximum Gasteiger partial charge on any atom is 0.217 e. The monoisotopic (exact) mass is 358 g/mol. The number of aromatic nitrogens is 4. The molecule has 0 fully saturated rings. The fraction of sp³-hybridized carbons (Fsp3) is 0.143. The average molecular weight is 358 g/mol. The number of para-hydroxylation sites is 1. The lowest BCUT2D eigenvalue weighted by atomic mass is 10.1. The van der Waals surface area contributed by atoms with Crippen molar-refractivity contribution in [2.75, 3.05) is 7.11 Å². The van der Waals surface area contributed by atoms with E-state index >= 15 is 0 Å². The standard InChI is InChI=1S/C21H18N4O2/c1-27-14-6-7-18-16(10-14)20(26)19-21(24-18)25(12-23-19)9-8-13-11-22-17-5-3-2-4-15(13)17/h2-7,10-12,22H,8-9H2,1H3,(H,24,26). The Hall–Kier alpha value is -3.54. The smallest absolute Gasteiger partial charge is 0.217 e. The quantitative estimate of drug-likeness (QED) is 0.515. The maximum absolute atomic E-state index is 12.8. The van der Waals surface area contributed by atoms with E-state index in [2.05, 4.69) is 27.1 Å². The molecule has 0 saturated heterocycles. The average Bonchev–Trinajstić information content (AvgIpc) is 3.30. The van der Waals surface area contributed by atoms with Crippen molar-refractivity contribution in [3.63, 3.8) is 0 Å². The summed E-state index contributed by atoms with van der Waals surface area (Å²) in [6.45, 7) is 0.732. The molecule has 0 bridgehead atoms. The van der Waals surface area contributed by atoms with E-state index in [1.54, 1.807) is 19.5 Å². The molecule has 2 N–H and O–H groups in total. The van der Waals surface area contributed by atoms with Gasteiger partial charge in [-0.1, -0.05) is 18.2 Å². The molecular weight excluding hydrogens is 340 g/mol. The summed E-state index contributed by atoms with van der Waals surface area (Å²) in [5, 5.41) is 1.82. The third-order valence-corrected chi connectivity index (χ3v) is 5.07. The first-order valence-corrected chi connectivity index (χ1v) is 8.84. The number of nitrogens with one attached hydrogen (secondary N) is 2. The van der Waals surface area contributed by atoms with Crippen LogP contribution in [0.4, 0.5) is 0 Å². The lowest BCUT2D eigenvalue weighted by molar-refractivity contribution is 0.415. The Balaban J connectivity index is 1.55. The molecule has 0 saturated carbocycles. The van der Waals surface area contributed by atoms with Gasteiger partial charge in [-0.3, -0.25) is 4.79 Å². The number of benzene rings is 2. The fourth-order valence-corrected chi connectivity index (χ4v) is 3.63. The van der Waals surface area contributed by atoms with Crippen molar-refractivity contribution in [3.8, 4) is 5.75 Å². The molecule has 0 atom stereocenters. The van der Waals surface area contributed by atoms with Crippen LogP contribution in [-0.4, -0.2) is 26.6 Å². The van der Waals surface area contributed by atoms with Crippen molar-refractivity contribution in [2.24, 2.45) is 0 Å². The van der Waals surface area contributed by atoms with Gasteiger partial charge in [0.05, 0.1) is 24.3 Å². The largest absolute Gasteiger partial charge is 0.497 e. The number of H-pyrrole nitrogens is 2. The van der Waals surface area contributed by atoms with E-state index in [0.717, 1.165) is 29.6 Å². The summed E-state index contributed by atoms with van der Waals surface area (Å²) in [5.74, 6) is 0.658. The number of fused-ring (bicyclic) bond motifs is 3. The van der Waals surface area contributed by atoms with Gasteiger partial charge in [0.15, 0.2) is 5.52 Å². The highest BCUT2D eigenvalue weighted by atomic mass is 16.5. The molecule has 0 radical (unpaired) electrons. The first-order valence-electron chi connectivity index (χ1n) is 8.84. The van der Waals surface area contributed by atoms with E-state index in [1.807, 2.05) is 35.0 Å². The number of pyridine rings is 1. The molecule has 0 unspecified atom stereocenters. The van der Waals surface area contributed by atoms with Gasteiger partial charge >= 0.3 is 0 Å². The molecule has 6 nitrogen and oxygen atoms in total. The normalized spacial score (nSPS) is 11.6. The number of rotatable bonds is 4. The first-order chi connectivity index (χ1) is 13.2. The topological polar surface area (TPSA) is 75.7 Å². The molecule has 27 heavy (non-hydrogen) atoms. The molecule has 0 aliphatic heterocycles. The summed E-state index contributed by atoms with van der Waals surface area (Å²) in [7, 11) is 1.59. The predicted octanol–water partition coefficient (Wildman–Crippen LogP) is 3.61. The van der Waals surface area contributed by atoms with Crippen molar-refractivity contribution >= 4 is 33.0 Å². The van der Waals surface area contributed by atoms with Crippen LogP contribution in [0.5, 0.6) is 5.75 Å².